The van der Waals surface area contributed by atoms with Crippen molar-refractivity contribution in [1.29, 1.82) is 0 Å². The molecule has 2 saturated heterocycles. The Kier molecular flexibility index (Phi) is 4.40. The number of hydrogen-bond donors (Lipinski definition) is 1. The van der Waals surface area contributed by atoms with Crippen LogP contribution in [0.15, 0.2) is 18.2 Å². The first-order chi connectivity index (χ1) is 13.6. The molecule has 3 heterocycles. The van der Waals surface area contributed by atoms with Crippen LogP contribution in [0.3, 0.4) is 0 Å². The van der Waals surface area contributed by atoms with Crippen molar-refractivity contribution < 1.29 is 28.5 Å². The van der Waals surface area contributed by atoms with Crippen molar-refractivity contribution in [2.45, 2.75) is 31.6 Å². The van der Waals surface area contributed by atoms with Crippen LogP contribution in [0.4, 0.5) is 0 Å². The highest BCUT2D eigenvalue weighted by molar-refractivity contribution is 5.92. The van der Waals surface area contributed by atoms with Gasteiger partial charge in [-0.25, -0.2) is 0 Å². The number of fused-ring (bicyclic) bond motifs is 1. The molecule has 4 aliphatic rings. The fourth-order valence-corrected chi connectivity index (χ4v) is 4.22. The molecular weight excluding hydrogens is 364 g/mol. The molecule has 1 aromatic carbocycles. The van der Waals surface area contributed by atoms with Crippen LogP contribution in [0.1, 0.15) is 24.8 Å². The first kappa shape index (κ1) is 17.8. The van der Waals surface area contributed by atoms with Crippen LogP contribution >= 0.6 is 0 Å². The minimum Gasteiger partial charge on any atom is -0.454 e. The van der Waals surface area contributed by atoms with E-state index < -0.39 is 5.79 Å². The quantitative estimate of drug-likeness (QED) is 0.829. The first-order valence-corrected chi connectivity index (χ1v) is 9.86. The van der Waals surface area contributed by atoms with Gasteiger partial charge in [0.25, 0.3) is 0 Å². The van der Waals surface area contributed by atoms with Gasteiger partial charge in [-0.05, 0) is 24.1 Å². The number of piperidine rings is 1. The van der Waals surface area contributed by atoms with Gasteiger partial charge in [0.2, 0.25) is 18.6 Å². The van der Waals surface area contributed by atoms with E-state index in [0.717, 1.165) is 11.3 Å². The molecular formula is C20H24N2O6. The molecule has 8 heteroatoms. The fraction of sp³-hybridized carbons (Fsp3) is 0.600. The summed E-state index contributed by atoms with van der Waals surface area (Å²) < 4.78 is 22.1. The highest BCUT2D eigenvalue weighted by Crippen LogP contribution is 2.42. The van der Waals surface area contributed by atoms with Crippen LogP contribution in [0.2, 0.25) is 0 Å². The van der Waals surface area contributed by atoms with Gasteiger partial charge in [-0.1, -0.05) is 6.07 Å². The van der Waals surface area contributed by atoms with Crippen LogP contribution < -0.4 is 14.8 Å². The molecule has 1 aliphatic carbocycles. The molecule has 2 unspecified atom stereocenters. The standard InChI is InChI=1S/C20H24N2O6/c23-18(21-11-13-1-2-16-17(9-13)26-12-25-16)14-10-15(14)19(24)22-5-3-20(4-6-22)27-7-8-28-20/h1-2,9,14-15H,3-8,10-12H2,(H,21,23). The van der Waals surface area contributed by atoms with E-state index in [1.54, 1.807) is 0 Å². The number of hydrogen-bond acceptors (Lipinski definition) is 6. The van der Waals surface area contributed by atoms with Gasteiger partial charge in [0, 0.05) is 32.5 Å². The summed E-state index contributed by atoms with van der Waals surface area (Å²) in [5, 5.41) is 2.93. The van der Waals surface area contributed by atoms with Gasteiger partial charge >= 0.3 is 0 Å². The molecule has 8 nitrogen and oxygen atoms in total. The maximum Gasteiger partial charge on any atom is 0.231 e. The summed E-state index contributed by atoms with van der Waals surface area (Å²) in [5.41, 5.74) is 0.944. The number of carbonyl (C=O) groups excluding carboxylic acids is 2. The fourth-order valence-electron chi connectivity index (χ4n) is 4.22. The lowest BCUT2D eigenvalue weighted by Gasteiger charge is -2.37. The van der Waals surface area contributed by atoms with Crippen LogP contribution in [0.25, 0.3) is 0 Å². The van der Waals surface area contributed by atoms with Crippen LogP contribution in [-0.2, 0) is 25.6 Å². The van der Waals surface area contributed by atoms with E-state index >= 15 is 0 Å². The van der Waals surface area contributed by atoms with Gasteiger partial charge < -0.3 is 29.2 Å². The molecule has 1 saturated carbocycles. The van der Waals surface area contributed by atoms with Crippen molar-refractivity contribution in [3.63, 3.8) is 0 Å². The number of nitrogens with zero attached hydrogens (tertiary/aromatic N) is 1. The molecule has 0 aromatic heterocycles. The third kappa shape index (κ3) is 3.31. The molecule has 1 N–H and O–H groups in total. The topological polar surface area (TPSA) is 86.3 Å². The van der Waals surface area contributed by atoms with Gasteiger partial charge in [-0.15, -0.1) is 0 Å². The zero-order valence-electron chi connectivity index (χ0n) is 15.6. The number of benzene rings is 1. The van der Waals surface area contributed by atoms with Crippen molar-refractivity contribution in [1.82, 2.24) is 10.2 Å². The average molecular weight is 388 g/mol. The van der Waals surface area contributed by atoms with Crippen molar-refractivity contribution in [3.8, 4) is 11.5 Å². The van der Waals surface area contributed by atoms with E-state index in [-0.39, 0.29) is 30.4 Å². The summed E-state index contributed by atoms with van der Waals surface area (Å²) in [6.07, 6.45) is 2.03. The van der Waals surface area contributed by atoms with Crippen molar-refractivity contribution >= 4 is 11.8 Å². The number of likely N-dealkylation sites (tertiary alicyclic amines) is 1. The Hall–Kier alpha value is -2.32. The van der Waals surface area contributed by atoms with Gasteiger partial charge in [-0.2, -0.15) is 0 Å². The van der Waals surface area contributed by atoms with Gasteiger partial charge in [0.05, 0.1) is 25.0 Å². The molecule has 1 spiro atoms. The molecule has 28 heavy (non-hydrogen) atoms. The molecule has 3 aliphatic heterocycles. The van der Waals surface area contributed by atoms with E-state index in [9.17, 15) is 9.59 Å². The van der Waals surface area contributed by atoms with E-state index in [2.05, 4.69) is 5.32 Å². The third-order valence-electron chi connectivity index (χ3n) is 6.00. The summed E-state index contributed by atoms with van der Waals surface area (Å²) in [4.78, 5) is 27.0. The summed E-state index contributed by atoms with van der Waals surface area (Å²) in [5.74, 6) is 0.529. The zero-order valence-corrected chi connectivity index (χ0v) is 15.6. The highest BCUT2D eigenvalue weighted by atomic mass is 16.7. The minimum absolute atomic E-state index is 0.0630. The average Bonchev–Trinajstić information content (AvgIpc) is 3.16. The van der Waals surface area contributed by atoms with Gasteiger partial charge in [0.15, 0.2) is 17.3 Å². The molecule has 5 rings (SSSR count). The highest BCUT2D eigenvalue weighted by Gasteiger charge is 2.51. The summed E-state index contributed by atoms with van der Waals surface area (Å²) in [7, 11) is 0. The molecule has 1 aromatic rings. The third-order valence-corrected chi connectivity index (χ3v) is 6.00. The van der Waals surface area contributed by atoms with Gasteiger partial charge in [-0.3, -0.25) is 9.59 Å². The maximum atomic E-state index is 12.7. The summed E-state index contributed by atoms with van der Waals surface area (Å²) in [6, 6.07) is 5.61. The first-order valence-electron chi connectivity index (χ1n) is 9.86. The number of nitrogens with one attached hydrogen (secondary N) is 1. The Balaban J connectivity index is 1.10. The number of rotatable bonds is 4. The second-order valence-corrected chi connectivity index (χ2v) is 7.79. The molecule has 150 valence electrons. The lowest BCUT2D eigenvalue weighted by Crippen LogP contribution is -2.48. The lowest BCUT2D eigenvalue weighted by molar-refractivity contribution is -0.187. The second kappa shape index (κ2) is 6.93. The van der Waals surface area contributed by atoms with Gasteiger partial charge in [0.1, 0.15) is 0 Å². The Bertz CT molecular complexity index is 781. The molecule has 2 atom stereocenters. The van der Waals surface area contributed by atoms with Crippen molar-refractivity contribution in [2.75, 3.05) is 33.1 Å². The summed E-state index contributed by atoms with van der Waals surface area (Å²) in [6.45, 7) is 3.15. The molecule has 3 fully saturated rings. The Morgan fingerprint density at radius 1 is 1.07 bits per heavy atom. The molecule has 0 radical (unpaired) electrons. The molecule has 2 amide bonds. The van der Waals surface area contributed by atoms with E-state index in [4.69, 9.17) is 18.9 Å². The number of ether oxygens (including phenoxy) is 4. The van der Waals surface area contributed by atoms with E-state index in [1.807, 2.05) is 23.1 Å². The Morgan fingerprint density at radius 2 is 1.82 bits per heavy atom. The monoisotopic (exact) mass is 388 g/mol. The predicted molar refractivity (Wildman–Crippen MR) is 96.5 cm³/mol. The lowest BCUT2D eigenvalue weighted by atomic mass is 10.0. The predicted octanol–water partition coefficient (Wildman–Crippen LogP) is 1.03. The number of carbonyl (C=O) groups is 2. The van der Waals surface area contributed by atoms with E-state index in [1.165, 1.54) is 0 Å². The van der Waals surface area contributed by atoms with E-state index in [0.29, 0.717) is 57.9 Å². The Morgan fingerprint density at radius 3 is 2.61 bits per heavy atom. The smallest absolute Gasteiger partial charge is 0.231 e. The minimum atomic E-state index is -0.484. The van der Waals surface area contributed by atoms with Crippen LogP contribution in [0.5, 0.6) is 11.5 Å². The SMILES string of the molecule is O=C(NCc1ccc2c(c1)OCO2)C1CC1C(=O)N1CCC2(CC1)OCCO2. The van der Waals surface area contributed by atoms with Crippen LogP contribution in [0, 0.1) is 11.8 Å². The largest absolute Gasteiger partial charge is 0.454 e. The Labute approximate surface area is 163 Å². The second-order valence-electron chi connectivity index (χ2n) is 7.79. The van der Waals surface area contributed by atoms with Crippen molar-refractivity contribution in [2.24, 2.45) is 11.8 Å². The summed E-state index contributed by atoms with van der Waals surface area (Å²) >= 11 is 0. The van der Waals surface area contributed by atoms with Crippen LogP contribution in [-0.4, -0.2) is 55.6 Å². The molecule has 0 bridgehead atoms. The van der Waals surface area contributed by atoms with Crippen molar-refractivity contribution in [3.05, 3.63) is 23.8 Å². The number of amides is 2. The normalized spacial score (nSPS) is 27.1. The zero-order chi connectivity index (χ0) is 19.1. The maximum absolute atomic E-state index is 12.7.